The van der Waals surface area contributed by atoms with E-state index in [4.69, 9.17) is 17.2 Å². The van der Waals surface area contributed by atoms with Gasteiger partial charge in [-0.05, 0) is 50.1 Å². The lowest BCUT2D eigenvalue weighted by atomic mass is 10.0. The second-order valence-electron chi connectivity index (χ2n) is 9.74. The molecule has 0 aliphatic heterocycles. The topological polar surface area (TPSA) is 220 Å². The third kappa shape index (κ3) is 12.6. The maximum absolute atomic E-state index is 13.4. The van der Waals surface area contributed by atoms with E-state index in [0.29, 0.717) is 19.4 Å². The Morgan fingerprint density at radius 1 is 0.842 bits per heavy atom. The predicted molar refractivity (Wildman–Crippen MR) is 142 cm³/mol. The van der Waals surface area contributed by atoms with Crippen molar-refractivity contribution in [3.63, 3.8) is 0 Å². The number of primary amides is 1. The normalized spacial score (nSPS) is 14.1. The molecule has 0 aliphatic carbocycles. The molecule has 10 N–H and O–H groups in total. The molecule has 0 fully saturated rings. The van der Waals surface area contributed by atoms with E-state index in [1.54, 1.807) is 24.3 Å². The van der Waals surface area contributed by atoms with E-state index in [-0.39, 0.29) is 38.0 Å². The van der Waals surface area contributed by atoms with Gasteiger partial charge in [-0.15, -0.1) is 0 Å². The van der Waals surface area contributed by atoms with Crippen molar-refractivity contribution < 1.29 is 29.1 Å². The number of rotatable bonds is 18. The second kappa shape index (κ2) is 17.1. The molecule has 4 amide bonds. The van der Waals surface area contributed by atoms with Crippen molar-refractivity contribution in [1.82, 2.24) is 16.0 Å². The largest absolute Gasteiger partial charge is 0.480 e. The van der Waals surface area contributed by atoms with Gasteiger partial charge in [-0.25, -0.2) is 4.79 Å². The molecule has 0 bridgehead atoms. The molecule has 0 saturated carbocycles. The van der Waals surface area contributed by atoms with E-state index in [1.807, 2.05) is 19.9 Å². The van der Waals surface area contributed by atoms with Crippen LogP contribution in [0.4, 0.5) is 0 Å². The van der Waals surface area contributed by atoms with Gasteiger partial charge in [-0.2, -0.15) is 0 Å². The molecule has 0 aliphatic rings. The van der Waals surface area contributed by atoms with Gasteiger partial charge < -0.3 is 38.3 Å². The SMILES string of the molecule is CC(C)CC(NC(=O)C(CCCCN)NC(=O)C(Cc1ccccc1)NC(=O)C(N)CCC(N)=O)C(=O)O. The third-order valence-electron chi connectivity index (χ3n) is 5.86. The van der Waals surface area contributed by atoms with Gasteiger partial charge in [-0.1, -0.05) is 44.2 Å². The highest BCUT2D eigenvalue weighted by molar-refractivity contribution is 5.94. The van der Waals surface area contributed by atoms with E-state index >= 15 is 0 Å². The molecule has 0 radical (unpaired) electrons. The molecule has 12 heteroatoms. The van der Waals surface area contributed by atoms with Gasteiger partial charge in [0, 0.05) is 12.8 Å². The van der Waals surface area contributed by atoms with Crippen molar-refractivity contribution in [2.45, 2.75) is 83.0 Å². The fourth-order valence-corrected chi connectivity index (χ4v) is 3.77. The zero-order valence-corrected chi connectivity index (χ0v) is 22.2. The summed E-state index contributed by atoms with van der Waals surface area (Å²) >= 11 is 0. The van der Waals surface area contributed by atoms with Crippen LogP contribution in [0.5, 0.6) is 0 Å². The zero-order valence-electron chi connectivity index (χ0n) is 22.2. The summed E-state index contributed by atoms with van der Waals surface area (Å²) in [5.41, 5.74) is 17.3. The molecule has 38 heavy (non-hydrogen) atoms. The first-order valence-electron chi connectivity index (χ1n) is 12.9. The van der Waals surface area contributed by atoms with Crippen LogP contribution in [-0.2, 0) is 30.4 Å². The van der Waals surface area contributed by atoms with Crippen LogP contribution < -0.4 is 33.2 Å². The van der Waals surface area contributed by atoms with Crippen LogP contribution in [0.3, 0.4) is 0 Å². The lowest BCUT2D eigenvalue weighted by Crippen LogP contribution is -2.57. The summed E-state index contributed by atoms with van der Waals surface area (Å²) in [4.78, 5) is 61.8. The van der Waals surface area contributed by atoms with Crippen LogP contribution in [0.2, 0.25) is 0 Å². The van der Waals surface area contributed by atoms with Crippen LogP contribution in [0.15, 0.2) is 30.3 Å². The number of aliphatic carboxylic acids is 1. The fraction of sp³-hybridized carbons (Fsp3) is 0.577. The third-order valence-corrected chi connectivity index (χ3v) is 5.86. The molecule has 1 rings (SSSR count). The first kappa shape index (κ1) is 32.5. The molecular formula is C26H42N6O6. The van der Waals surface area contributed by atoms with E-state index < -0.39 is 53.8 Å². The molecule has 1 aromatic rings. The maximum Gasteiger partial charge on any atom is 0.326 e. The molecule has 12 nitrogen and oxygen atoms in total. The number of benzene rings is 1. The van der Waals surface area contributed by atoms with Gasteiger partial charge in [0.1, 0.15) is 18.1 Å². The van der Waals surface area contributed by atoms with Gasteiger partial charge in [0.2, 0.25) is 23.6 Å². The number of carbonyl (C=O) groups excluding carboxylic acids is 4. The number of amides is 4. The number of nitrogens with two attached hydrogens (primary N) is 3. The van der Waals surface area contributed by atoms with Crippen molar-refractivity contribution in [2.75, 3.05) is 6.54 Å². The number of nitrogens with one attached hydrogen (secondary N) is 3. The predicted octanol–water partition coefficient (Wildman–Crippen LogP) is -0.464. The first-order valence-corrected chi connectivity index (χ1v) is 12.9. The molecule has 1 aromatic carbocycles. The quantitative estimate of drug-likeness (QED) is 0.122. The van der Waals surface area contributed by atoms with Crippen molar-refractivity contribution in [2.24, 2.45) is 23.1 Å². The summed E-state index contributed by atoms with van der Waals surface area (Å²) in [5.74, 6) is -3.66. The van der Waals surface area contributed by atoms with Crippen LogP contribution in [0.25, 0.3) is 0 Å². The molecule has 212 valence electrons. The molecule has 0 spiro atoms. The minimum Gasteiger partial charge on any atom is -0.480 e. The van der Waals surface area contributed by atoms with E-state index in [9.17, 15) is 29.1 Å². The Hall–Kier alpha value is -3.51. The van der Waals surface area contributed by atoms with E-state index in [1.165, 1.54) is 0 Å². The number of hydrogen-bond donors (Lipinski definition) is 7. The van der Waals surface area contributed by atoms with Gasteiger partial charge in [0.15, 0.2) is 0 Å². The highest BCUT2D eigenvalue weighted by atomic mass is 16.4. The smallest absolute Gasteiger partial charge is 0.326 e. The molecule has 0 heterocycles. The number of hydrogen-bond acceptors (Lipinski definition) is 7. The number of unbranched alkanes of at least 4 members (excludes halogenated alkanes) is 1. The number of carbonyl (C=O) groups is 5. The summed E-state index contributed by atoms with van der Waals surface area (Å²) < 4.78 is 0. The van der Waals surface area contributed by atoms with Crippen molar-refractivity contribution in [3.05, 3.63) is 35.9 Å². The Morgan fingerprint density at radius 3 is 1.97 bits per heavy atom. The standard InChI is InChI=1S/C26H42N6O6/c1-16(2)14-21(26(37)38)32-24(35)19(10-6-7-13-27)30-25(36)20(15-17-8-4-3-5-9-17)31-23(34)18(28)11-12-22(29)33/h3-5,8-9,16,18-21H,6-7,10-15,27-28H2,1-2H3,(H2,29,33)(H,30,36)(H,31,34)(H,32,35)(H,37,38). The van der Waals surface area contributed by atoms with Crippen molar-refractivity contribution in [1.29, 1.82) is 0 Å². The molecule has 0 aromatic heterocycles. The monoisotopic (exact) mass is 534 g/mol. The average molecular weight is 535 g/mol. The Morgan fingerprint density at radius 2 is 1.42 bits per heavy atom. The summed E-state index contributed by atoms with van der Waals surface area (Å²) in [7, 11) is 0. The minimum absolute atomic E-state index is 0.0113. The summed E-state index contributed by atoms with van der Waals surface area (Å²) in [6.45, 7) is 4.07. The Labute approximate surface area is 223 Å². The number of carboxylic acid groups (broad SMARTS) is 1. The highest BCUT2D eigenvalue weighted by Crippen LogP contribution is 2.09. The van der Waals surface area contributed by atoms with Crippen LogP contribution >= 0.6 is 0 Å². The van der Waals surface area contributed by atoms with Crippen LogP contribution in [0, 0.1) is 5.92 Å². The van der Waals surface area contributed by atoms with Gasteiger partial charge in [0.05, 0.1) is 6.04 Å². The summed E-state index contributed by atoms with van der Waals surface area (Å²) in [5, 5.41) is 17.3. The average Bonchev–Trinajstić information content (AvgIpc) is 2.85. The van der Waals surface area contributed by atoms with Crippen LogP contribution in [-0.4, -0.2) is 65.4 Å². The first-order chi connectivity index (χ1) is 17.9. The van der Waals surface area contributed by atoms with E-state index in [2.05, 4.69) is 16.0 Å². The highest BCUT2D eigenvalue weighted by Gasteiger charge is 2.30. The summed E-state index contributed by atoms with van der Waals surface area (Å²) in [6, 6.07) is 4.65. The Bertz CT molecular complexity index is 926. The lowest BCUT2D eigenvalue weighted by molar-refractivity contribution is -0.143. The van der Waals surface area contributed by atoms with Crippen molar-refractivity contribution in [3.8, 4) is 0 Å². The Kier molecular flexibility index (Phi) is 14.6. The summed E-state index contributed by atoms with van der Waals surface area (Å²) in [6.07, 6.45) is 1.61. The Balaban J connectivity index is 3.09. The molecule has 0 saturated heterocycles. The zero-order chi connectivity index (χ0) is 28.7. The van der Waals surface area contributed by atoms with E-state index in [0.717, 1.165) is 5.56 Å². The molecular weight excluding hydrogens is 492 g/mol. The van der Waals surface area contributed by atoms with Gasteiger partial charge >= 0.3 is 5.97 Å². The van der Waals surface area contributed by atoms with Crippen LogP contribution in [0.1, 0.15) is 57.9 Å². The maximum atomic E-state index is 13.4. The fourth-order valence-electron chi connectivity index (χ4n) is 3.77. The number of carboxylic acids is 1. The van der Waals surface area contributed by atoms with Crippen molar-refractivity contribution >= 4 is 29.6 Å². The second-order valence-corrected chi connectivity index (χ2v) is 9.74. The van der Waals surface area contributed by atoms with Gasteiger partial charge in [-0.3, -0.25) is 19.2 Å². The minimum atomic E-state index is -1.17. The lowest BCUT2D eigenvalue weighted by Gasteiger charge is -2.26. The molecule has 4 atom stereocenters. The molecule has 4 unspecified atom stereocenters. The van der Waals surface area contributed by atoms with Gasteiger partial charge in [0.25, 0.3) is 0 Å².